The maximum atomic E-state index is 5.01. The quantitative estimate of drug-likeness (QED) is 0.689. The van der Waals surface area contributed by atoms with Gasteiger partial charge in [0.15, 0.2) is 0 Å². The predicted molar refractivity (Wildman–Crippen MR) is 66.5 cm³/mol. The van der Waals surface area contributed by atoms with Crippen LogP contribution in [0.15, 0.2) is 17.5 Å². The summed E-state index contributed by atoms with van der Waals surface area (Å²) in [5.74, 6) is 0. The minimum Gasteiger partial charge on any atom is -0.385 e. The normalized spacial score (nSPS) is 12.9. The number of unbranched alkanes of at least 4 members (excludes halogenated alkanes) is 2. The molecule has 0 aliphatic rings. The molecule has 1 atom stereocenters. The van der Waals surface area contributed by atoms with E-state index in [0.717, 1.165) is 13.2 Å². The molecule has 0 saturated carbocycles. The molecule has 1 unspecified atom stereocenters. The zero-order valence-corrected chi connectivity index (χ0v) is 10.5. The molecule has 1 N–H and O–H groups in total. The highest BCUT2D eigenvalue weighted by atomic mass is 32.1. The summed E-state index contributed by atoms with van der Waals surface area (Å²) in [5, 5.41) is 5.66. The third-order valence-corrected chi connectivity index (χ3v) is 3.50. The van der Waals surface area contributed by atoms with E-state index in [0.29, 0.717) is 6.04 Å². The highest BCUT2D eigenvalue weighted by molar-refractivity contribution is 7.10. The van der Waals surface area contributed by atoms with E-state index in [1.54, 1.807) is 7.11 Å². The molecule has 0 aliphatic carbocycles. The summed E-state index contributed by atoms with van der Waals surface area (Å²) in [5.41, 5.74) is 0. The minimum absolute atomic E-state index is 0.493. The molecule has 15 heavy (non-hydrogen) atoms. The summed E-state index contributed by atoms with van der Waals surface area (Å²) < 4.78 is 5.01. The molecule has 1 rings (SSSR count). The van der Waals surface area contributed by atoms with Crippen molar-refractivity contribution in [3.8, 4) is 0 Å². The van der Waals surface area contributed by atoms with Gasteiger partial charge in [0.1, 0.15) is 0 Å². The molecule has 1 aromatic heterocycles. The Morgan fingerprint density at radius 1 is 1.40 bits per heavy atom. The van der Waals surface area contributed by atoms with E-state index in [-0.39, 0.29) is 0 Å². The van der Waals surface area contributed by atoms with Gasteiger partial charge in [-0.1, -0.05) is 6.07 Å². The first-order valence-electron chi connectivity index (χ1n) is 5.60. The Morgan fingerprint density at radius 3 is 2.93 bits per heavy atom. The van der Waals surface area contributed by atoms with Crippen molar-refractivity contribution in [2.24, 2.45) is 0 Å². The average Bonchev–Trinajstić information content (AvgIpc) is 2.76. The van der Waals surface area contributed by atoms with Gasteiger partial charge in [0.2, 0.25) is 0 Å². The topological polar surface area (TPSA) is 21.3 Å². The smallest absolute Gasteiger partial charge is 0.0462 e. The minimum atomic E-state index is 0.493. The molecule has 86 valence electrons. The number of nitrogens with one attached hydrogen (secondary N) is 1. The molecule has 0 bridgehead atoms. The summed E-state index contributed by atoms with van der Waals surface area (Å²) in [6, 6.07) is 4.79. The van der Waals surface area contributed by atoms with Crippen molar-refractivity contribution < 1.29 is 4.74 Å². The van der Waals surface area contributed by atoms with Crippen molar-refractivity contribution in [1.82, 2.24) is 5.32 Å². The van der Waals surface area contributed by atoms with E-state index >= 15 is 0 Å². The van der Waals surface area contributed by atoms with E-state index < -0.39 is 0 Å². The molecular formula is C12H21NOS. The third kappa shape index (κ3) is 5.30. The Balaban J connectivity index is 2.00. The molecule has 2 nitrogen and oxygen atoms in total. The Morgan fingerprint density at radius 2 is 2.27 bits per heavy atom. The number of rotatable bonds is 8. The maximum absolute atomic E-state index is 5.01. The van der Waals surface area contributed by atoms with Crippen LogP contribution in [0.5, 0.6) is 0 Å². The molecule has 1 aromatic rings. The first-order valence-corrected chi connectivity index (χ1v) is 6.48. The summed E-state index contributed by atoms with van der Waals surface area (Å²) in [4.78, 5) is 1.42. The number of methoxy groups -OCH3 is 1. The Hall–Kier alpha value is -0.380. The fourth-order valence-electron chi connectivity index (χ4n) is 1.50. The fourth-order valence-corrected chi connectivity index (χ4v) is 2.26. The Bertz CT molecular complexity index is 236. The van der Waals surface area contributed by atoms with Gasteiger partial charge >= 0.3 is 0 Å². The first-order chi connectivity index (χ1) is 7.34. The summed E-state index contributed by atoms with van der Waals surface area (Å²) >= 11 is 1.82. The molecule has 3 heteroatoms. The molecule has 0 saturated heterocycles. The zero-order chi connectivity index (χ0) is 10.9. The molecule has 0 aliphatic heterocycles. The van der Waals surface area contributed by atoms with Crippen LogP contribution in [0.3, 0.4) is 0 Å². The van der Waals surface area contributed by atoms with Crippen molar-refractivity contribution in [2.45, 2.75) is 32.2 Å². The Labute approximate surface area is 96.7 Å². The predicted octanol–water partition coefficient (Wildman–Crippen LogP) is 3.22. The number of thiophene rings is 1. The van der Waals surface area contributed by atoms with Gasteiger partial charge in [0, 0.05) is 24.6 Å². The van der Waals surface area contributed by atoms with Crippen molar-refractivity contribution in [2.75, 3.05) is 20.3 Å². The fraction of sp³-hybridized carbons (Fsp3) is 0.667. The number of hydrogen-bond acceptors (Lipinski definition) is 3. The number of ether oxygens (including phenoxy) is 1. The van der Waals surface area contributed by atoms with Crippen molar-refractivity contribution in [1.29, 1.82) is 0 Å². The standard InChI is InChI=1S/C12H21NOS/c1-11(12-7-6-10-15-12)13-8-4-3-5-9-14-2/h6-7,10-11,13H,3-5,8-9H2,1-2H3. The lowest BCUT2D eigenvalue weighted by Crippen LogP contribution is -2.18. The lowest BCUT2D eigenvalue weighted by Gasteiger charge is -2.11. The van der Waals surface area contributed by atoms with E-state index in [9.17, 15) is 0 Å². The van der Waals surface area contributed by atoms with Crippen LogP contribution in [0.2, 0.25) is 0 Å². The van der Waals surface area contributed by atoms with E-state index in [1.807, 2.05) is 11.3 Å². The third-order valence-electron chi connectivity index (χ3n) is 2.45. The van der Waals surface area contributed by atoms with Gasteiger partial charge in [-0.3, -0.25) is 0 Å². The van der Waals surface area contributed by atoms with Gasteiger partial charge in [-0.2, -0.15) is 0 Å². The van der Waals surface area contributed by atoms with Crippen LogP contribution in [-0.2, 0) is 4.74 Å². The van der Waals surface area contributed by atoms with E-state index in [1.165, 1.54) is 24.1 Å². The summed E-state index contributed by atoms with van der Waals surface area (Å²) in [7, 11) is 1.76. The SMILES string of the molecule is COCCCCCNC(C)c1cccs1. The van der Waals surface area contributed by atoms with E-state index in [4.69, 9.17) is 4.74 Å². The van der Waals surface area contributed by atoms with Gasteiger partial charge in [-0.25, -0.2) is 0 Å². The monoisotopic (exact) mass is 227 g/mol. The van der Waals surface area contributed by atoms with Crippen molar-refractivity contribution in [3.05, 3.63) is 22.4 Å². The van der Waals surface area contributed by atoms with Crippen LogP contribution < -0.4 is 5.32 Å². The lowest BCUT2D eigenvalue weighted by atomic mass is 10.2. The van der Waals surface area contributed by atoms with Gasteiger partial charge in [-0.15, -0.1) is 11.3 Å². The van der Waals surface area contributed by atoms with Crippen LogP contribution in [0, 0.1) is 0 Å². The van der Waals surface area contributed by atoms with Crippen LogP contribution in [0.25, 0.3) is 0 Å². The second-order valence-corrected chi connectivity index (χ2v) is 4.72. The zero-order valence-electron chi connectivity index (χ0n) is 9.66. The number of hydrogen-bond donors (Lipinski definition) is 1. The van der Waals surface area contributed by atoms with Gasteiger partial charge < -0.3 is 10.1 Å². The highest BCUT2D eigenvalue weighted by Gasteiger charge is 2.03. The average molecular weight is 227 g/mol. The summed E-state index contributed by atoms with van der Waals surface area (Å²) in [6.45, 7) is 4.21. The van der Waals surface area contributed by atoms with Crippen LogP contribution >= 0.6 is 11.3 Å². The molecule has 0 fully saturated rings. The molecule has 0 spiro atoms. The van der Waals surface area contributed by atoms with Crippen LogP contribution in [0.4, 0.5) is 0 Å². The second kappa shape index (κ2) is 7.85. The summed E-state index contributed by atoms with van der Waals surface area (Å²) in [6.07, 6.45) is 3.66. The largest absolute Gasteiger partial charge is 0.385 e. The van der Waals surface area contributed by atoms with Crippen LogP contribution in [-0.4, -0.2) is 20.3 Å². The van der Waals surface area contributed by atoms with Crippen LogP contribution in [0.1, 0.15) is 37.1 Å². The second-order valence-electron chi connectivity index (χ2n) is 3.74. The molecule has 1 heterocycles. The van der Waals surface area contributed by atoms with Gasteiger partial charge in [0.25, 0.3) is 0 Å². The van der Waals surface area contributed by atoms with Gasteiger partial charge in [-0.05, 0) is 44.2 Å². The highest BCUT2D eigenvalue weighted by Crippen LogP contribution is 2.17. The van der Waals surface area contributed by atoms with Gasteiger partial charge in [0.05, 0.1) is 0 Å². The lowest BCUT2D eigenvalue weighted by molar-refractivity contribution is 0.192. The van der Waals surface area contributed by atoms with Crippen molar-refractivity contribution >= 4 is 11.3 Å². The molecular weight excluding hydrogens is 206 g/mol. The molecule has 0 aromatic carbocycles. The van der Waals surface area contributed by atoms with Crippen molar-refractivity contribution in [3.63, 3.8) is 0 Å². The first kappa shape index (κ1) is 12.7. The Kier molecular flexibility index (Phi) is 6.64. The molecule has 0 radical (unpaired) electrons. The molecule has 0 amide bonds. The van der Waals surface area contributed by atoms with E-state index in [2.05, 4.69) is 29.8 Å². The maximum Gasteiger partial charge on any atom is 0.0462 e.